The van der Waals surface area contributed by atoms with Crippen molar-refractivity contribution in [2.24, 2.45) is 5.92 Å². The standard InChI is InChI=1S/C11H24N4O/c1-14-2-4-15(5-3-14)11(16)6-10-7-12-9-13-8-10/h10-13,16H,2-9H2,1H3. The molecule has 3 N–H and O–H groups in total. The van der Waals surface area contributed by atoms with Crippen LogP contribution < -0.4 is 10.6 Å². The van der Waals surface area contributed by atoms with Crippen molar-refractivity contribution in [3.05, 3.63) is 0 Å². The molecule has 0 saturated carbocycles. The first-order valence-electron chi connectivity index (χ1n) is 6.28. The largest absolute Gasteiger partial charge is 0.378 e. The molecule has 0 aromatic heterocycles. The normalized spacial score (nSPS) is 28.1. The Labute approximate surface area is 97.8 Å². The first-order chi connectivity index (χ1) is 7.75. The third-order valence-corrected chi connectivity index (χ3v) is 3.62. The number of hydrogen-bond acceptors (Lipinski definition) is 5. The monoisotopic (exact) mass is 228 g/mol. The van der Waals surface area contributed by atoms with Gasteiger partial charge in [0.25, 0.3) is 0 Å². The molecule has 0 aliphatic carbocycles. The average Bonchev–Trinajstić information content (AvgIpc) is 2.31. The molecule has 2 saturated heterocycles. The van der Waals surface area contributed by atoms with Gasteiger partial charge >= 0.3 is 0 Å². The van der Waals surface area contributed by atoms with E-state index >= 15 is 0 Å². The van der Waals surface area contributed by atoms with E-state index in [-0.39, 0.29) is 6.23 Å². The molecule has 94 valence electrons. The number of aliphatic hydroxyl groups is 1. The molecule has 2 aliphatic rings. The van der Waals surface area contributed by atoms with Crippen molar-refractivity contribution in [3.8, 4) is 0 Å². The Morgan fingerprint density at radius 2 is 1.81 bits per heavy atom. The van der Waals surface area contributed by atoms with Crippen molar-refractivity contribution in [1.29, 1.82) is 0 Å². The summed E-state index contributed by atoms with van der Waals surface area (Å²) in [5.41, 5.74) is 0. The van der Waals surface area contributed by atoms with Crippen LogP contribution in [0, 0.1) is 5.92 Å². The van der Waals surface area contributed by atoms with E-state index in [0.717, 1.165) is 52.4 Å². The van der Waals surface area contributed by atoms with Gasteiger partial charge in [-0.2, -0.15) is 0 Å². The SMILES string of the molecule is CN1CCN(C(O)CC2CNCNC2)CC1. The Kier molecular flexibility index (Phi) is 4.55. The van der Waals surface area contributed by atoms with Crippen LogP contribution in [0.15, 0.2) is 0 Å². The van der Waals surface area contributed by atoms with Crippen molar-refractivity contribution in [2.45, 2.75) is 12.6 Å². The molecule has 2 rings (SSSR count). The summed E-state index contributed by atoms with van der Waals surface area (Å²) in [6.45, 7) is 7.07. The summed E-state index contributed by atoms with van der Waals surface area (Å²) in [6, 6.07) is 0. The summed E-state index contributed by atoms with van der Waals surface area (Å²) in [7, 11) is 2.14. The summed E-state index contributed by atoms with van der Waals surface area (Å²) in [6.07, 6.45) is 0.615. The highest BCUT2D eigenvalue weighted by molar-refractivity contribution is 4.77. The zero-order valence-electron chi connectivity index (χ0n) is 10.2. The number of likely N-dealkylation sites (N-methyl/N-ethyl adjacent to an activating group) is 1. The second-order valence-corrected chi connectivity index (χ2v) is 5.01. The van der Waals surface area contributed by atoms with Gasteiger partial charge in [-0.25, -0.2) is 0 Å². The number of piperazine rings is 1. The molecule has 0 aromatic carbocycles. The third kappa shape index (κ3) is 3.40. The smallest absolute Gasteiger partial charge is 0.107 e. The molecule has 0 spiro atoms. The molecule has 0 radical (unpaired) electrons. The number of rotatable bonds is 3. The van der Waals surface area contributed by atoms with Crippen LogP contribution in [-0.2, 0) is 0 Å². The van der Waals surface area contributed by atoms with E-state index in [1.165, 1.54) is 0 Å². The van der Waals surface area contributed by atoms with Crippen molar-refractivity contribution in [1.82, 2.24) is 20.4 Å². The lowest BCUT2D eigenvalue weighted by Crippen LogP contribution is -2.51. The molecule has 2 fully saturated rings. The van der Waals surface area contributed by atoms with E-state index in [4.69, 9.17) is 0 Å². The van der Waals surface area contributed by atoms with E-state index in [9.17, 15) is 5.11 Å². The molecule has 5 nitrogen and oxygen atoms in total. The van der Waals surface area contributed by atoms with Crippen LogP contribution in [0.2, 0.25) is 0 Å². The van der Waals surface area contributed by atoms with Gasteiger partial charge in [0.2, 0.25) is 0 Å². The lowest BCUT2D eigenvalue weighted by atomic mass is 10.0. The molecule has 1 atom stereocenters. The first kappa shape index (κ1) is 12.3. The zero-order valence-corrected chi connectivity index (χ0v) is 10.2. The number of nitrogens with one attached hydrogen (secondary N) is 2. The Morgan fingerprint density at radius 3 is 2.44 bits per heavy atom. The van der Waals surface area contributed by atoms with E-state index in [2.05, 4.69) is 27.5 Å². The second kappa shape index (κ2) is 5.93. The molecule has 16 heavy (non-hydrogen) atoms. The molecular weight excluding hydrogens is 204 g/mol. The maximum atomic E-state index is 10.2. The van der Waals surface area contributed by atoms with Crippen LogP contribution in [0.25, 0.3) is 0 Å². The van der Waals surface area contributed by atoms with E-state index in [1.54, 1.807) is 0 Å². The Morgan fingerprint density at radius 1 is 1.19 bits per heavy atom. The fourth-order valence-electron chi connectivity index (χ4n) is 2.45. The summed E-state index contributed by atoms with van der Waals surface area (Å²) in [4.78, 5) is 4.52. The Bertz CT molecular complexity index is 200. The van der Waals surface area contributed by atoms with Crippen LogP contribution >= 0.6 is 0 Å². The highest BCUT2D eigenvalue weighted by Gasteiger charge is 2.24. The van der Waals surface area contributed by atoms with Crippen LogP contribution in [0.4, 0.5) is 0 Å². The van der Waals surface area contributed by atoms with Crippen LogP contribution in [0.5, 0.6) is 0 Å². The van der Waals surface area contributed by atoms with Crippen LogP contribution in [-0.4, -0.2) is 74.1 Å². The maximum Gasteiger partial charge on any atom is 0.107 e. The van der Waals surface area contributed by atoms with Gasteiger partial charge < -0.3 is 20.6 Å². The van der Waals surface area contributed by atoms with Crippen molar-refractivity contribution in [2.75, 3.05) is 53.0 Å². The Balaban J connectivity index is 1.72. The molecule has 0 aromatic rings. The molecule has 5 heteroatoms. The second-order valence-electron chi connectivity index (χ2n) is 5.01. The fraction of sp³-hybridized carbons (Fsp3) is 1.00. The quantitative estimate of drug-likeness (QED) is 0.561. The van der Waals surface area contributed by atoms with Crippen LogP contribution in [0.1, 0.15) is 6.42 Å². The van der Waals surface area contributed by atoms with E-state index < -0.39 is 0 Å². The lowest BCUT2D eigenvalue weighted by Gasteiger charge is -2.37. The molecule has 0 amide bonds. The molecule has 1 unspecified atom stereocenters. The van der Waals surface area contributed by atoms with Crippen molar-refractivity contribution in [3.63, 3.8) is 0 Å². The van der Waals surface area contributed by atoms with E-state index in [0.29, 0.717) is 5.92 Å². The van der Waals surface area contributed by atoms with E-state index in [1.807, 2.05) is 0 Å². The first-order valence-corrected chi connectivity index (χ1v) is 6.28. The molecule has 2 heterocycles. The zero-order chi connectivity index (χ0) is 11.4. The number of hydrogen-bond donors (Lipinski definition) is 3. The fourth-order valence-corrected chi connectivity index (χ4v) is 2.45. The van der Waals surface area contributed by atoms with Gasteiger partial charge in [0.15, 0.2) is 0 Å². The third-order valence-electron chi connectivity index (χ3n) is 3.62. The van der Waals surface area contributed by atoms with Crippen molar-refractivity contribution < 1.29 is 5.11 Å². The number of nitrogens with zero attached hydrogens (tertiary/aromatic N) is 2. The lowest BCUT2D eigenvalue weighted by molar-refractivity contribution is -0.0361. The van der Waals surface area contributed by atoms with Gasteiger partial charge in [-0.15, -0.1) is 0 Å². The summed E-state index contributed by atoms with van der Waals surface area (Å²) in [5.74, 6) is 0.559. The van der Waals surface area contributed by atoms with Gasteiger partial charge in [0, 0.05) is 45.9 Å². The predicted octanol–water partition coefficient (Wildman–Crippen LogP) is -1.29. The van der Waals surface area contributed by atoms with Gasteiger partial charge in [-0.1, -0.05) is 0 Å². The minimum atomic E-state index is -0.264. The average molecular weight is 228 g/mol. The topological polar surface area (TPSA) is 50.8 Å². The predicted molar refractivity (Wildman–Crippen MR) is 64.1 cm³/mol. The summed E-state index contributed by atoms with van der Waals surface area (Å²) < 4.78 is 0. The van der Waals surface area contributed by atoms with Gasteiger partial charge in [-0.3, -0.25) is 4.90 Å². The number of aliphatic hydroxyl groups excluding tert-OH is 1. The molecule has 0 bridgehead atoms. The van der Waals surface area contributed by atoms with Gasteiger partial charge in [-0.05, 0) is 19.4 Å². The van der Waals surface area contributed by atoms with Crippen molar-refractivity contribution >= 4 is 0 Å². The Hall–Kier alpha value is -0.200. The molecular formula is C11H24N4O. The highest BCUT2D eigenvalue weighted by Crippen LogP contribution is 2.12. The van der Waals surface area contributed by atoms with Gasteiger partial charge in [0.05, 0.1) is 0 Å². The van der Waals surface area contributed by atoms with Gasteiger partial charge in [0.1, 0.15) is 6.23 Å². The summed E-state index contributed by atoms with van der Waals surface area (Å²) >= 11 is 0. The molecule has 2 aliphatic heterocycles. The maximum absolute atomic E-state index is 10.2. The highest BCUT2D eigenvalue weighted by atomic mass is 16.3. The minimum Gasteiger partial charge on any atom is -0.378 e. The van der Waals surface area contributed by atoms with Crippen LogP contribution in [0.3, 0.4) is 0 Å². The minimum absolute atomic E-state index is 0.264. The summed E-state index contributed by atoms with van der Waals surface area (Å²) in [5, 5.41) is 16.8.